The normalized spacial score (nSPS) is 10.6. The highest BCUT2D eigenvalue weighted by atomic mass is 19.1. The van der Waals surface area contributed by atoms with E-state index in [1.165, 1.54) is 31.4 Å². The molecule has 0 aliphatic carbocycles. The summed E-state index contributed by atoms with van der Waals surface area (Å²) in [6.45, 7) is -0.340. The molecule has 0 saturated carbocycles. The predicted molar refractivity (Wildman–Crippen MR) is 53.4 cm³/mol. The molecule has 80 valence electrons. The van der Waals surface area contributed by atoms with Gasteiger partial charge in [-0.25, -0.2) is 9.18 Å². The third kappa shape index (κ3) is 3.18. The van der Waals surface area contributed by atoms with E-state index in [0.29, 0.717) is 5.56 Å². The quantitative estimate of drug-likeness (QED) is 0.607. The van der Waals surface area contributed by atoms with E-state index < -0.39 is 11.8 Å². The zero-order valence-corrected chi connectivity index (χ0v) is 8.24. The van der Waals surface area contributed by atoms with E-state index in [9.17, 15) is 9.18 Å². The number of benzene rings is 1. The van der Waals surface area contributed by atoms with Crippen LogP contribution in [0.1, 0.15) is 11.1 Å². The second kappa shape index (κ2) is 5.26. The van der Waals surface area contributed by atoms with Gasteiger partial charge in [-0.3, -0.25) is 0 Å². The van der Waals surface area contributed by atoms with Gasteiger partial charge in [0.05, 0.1) is 13.7 Å². The molecule has 0 amide bonds. The Bertz CT molecular complexity index is 385. The van der Waals surface area contributed by atoms with Crippen molar-refractivity contribution in [2.24, 2.45) is 0 Å². The van der Waals surface area contributed by atoms with Crippen LogP contribution in [0.5, 0.6) is 0 Å². The molecule has 0 unspecified atom stereocenters. The Morgan fingerprint density at radius 1 is 1.60 bits per heavy atom. The van der Waals surface area contributed by atoms with E-state index in [2.05, 4.69) is 4.74 Å². The molecule has 0 atom stereocenters. The molecule has 0 aliphatic heterocycles. The highest BCUT2D eigenvalue weighted by molar-refractivity contribution is 5.86. The molecule has 0 spiro atoms. The minimum Gasteiger partial charge on any atom is -0.466 e. The summed E-state index contributed by atoms with van der Waals surface area (Å²) in [5.74, 6) is -0.994. The summed E-state index contributed by atoms with van der Waals surface area (Å²) in [5, 5.41) is 8.73. The highest BCUT2D eigenvalue weighted by Gasteiger charge is 2.00. The standard InChI is InChI=1S/C11H11FO3/c1-15-11(14)5-3-8-2-4-9(7-13)10(12)6-8/h2-6,13H,7H2,1H3. The Morgan fingerprint density at radius 2 is 2.33 bits per heavy atom. The first-order valence-electron chi connectivity index (χ1n) is 4.32. The Balaban J connectivity index is 2.84. The Labute approximate surface area is 86.8 Å². The van der Waals surface area contributed by atoms with Crippen molar-refractivity contribution in [3.63, 3.8) is 0 Å². The minimum absolute atomic E-state index is 0.227. The van der Waals surface area contributed by atoms with Crippen molar-refractivity contribution < 1.29 is 19.0 Å². The lowest BCUT2D eigenvalue weighted by Crippen LogP contribution is -1.94. The number of aliphatic hydroxyl groups is 1. The molecule has 0 aliphatic rings. The third-order valence-corrected chi connectivity index (χ3v) is 1.86. The predicted octanol–water partition coefficient (Wildman–Crippen LogP) is 1.50. The average Bonchev–Trinajstić information content (AvgIpc) is 2.26. The largest absolute Gasteiger partial charge is 0.466 e. The van der Waals surface area contributed by atoms with Gasteiger partial charge >= 0.3 is 5.97 Å². The van der Waals surface area contributed by atoms with E-state index >= 15 is 0 Å². The fourth-order valence-electron chi connectivity index (χ4n) is 1.03. The van der Waals surface area contributed by atoms with Crippen LogP contribution in [0.3, 0.4) is 0 Å². The minimum atomic E-state index is -0.498. The van der Waals surface area contributed by atoms with Gasteiger partial charge in [-0.2, -0.15) is 0 Å². The number of rotatable bonds is 3. The van der Waals surface area contributed by atoms with E-state index in [1.807, 2.05) is 0 Å². The number of methoxy groups -OCH3 is 1. The van der Waals surface area contributed by atoms with Crippen molar-refractivity contribution in [3.8, 4) is 0 Å². The maximum atomic E-state index is 13.1. The van der Waals surface area contributed by atoms with Crippen LogP contribution in [0.15, 0.2) is 24.3 Å². The summed E-state index contributed by atoms with van der Waals surface area (Å²) in [7, 11) is 1.27. The van der Waals surface area contributed by atoms with Crippen LogP contribution in [0.25, 0.3) is 6.08 Å². The first-order chi connectivity index (χ1) is 7.17. The van der Waals surface area contributed by atoms with Gasteiger partial charge in [0.1, 0.15) is 5.82 Å². The lowest BCUT2D eigenvalue weighted by molar-refractivity contribution is -0.134. The molecular weight excluding hydrogens is 199 g/mol. The smallest absolute Gasteiger partial charge is 0.330 e. The van der Waals surface area contributed by atoms with E-state index in [4.69, 9.17) is 5.11 Å². The number of carbonyl (C=O) groups excluding carboxylic acids is 1. The van der Waals surface area contributed by atoms with Crippen LogP contribution >= 0.6 is 0 Å². The number of aliphatic hydroxyl groups excluding tert-OH is 1. The molecule has 1 N–H and O–H groups in total. The van der Waals surface area contributed by atoms with Gasteiger partial charge in [-0.1, -0.05) is 12.1 Å². The molecular formula is C11H11FO3. The van der Waals surface area contributed by atoms with E-state index in [1.54, 1.807) is 6.07 Å². The molecule has 0 aromatic heterocycles. The highest BCUT2D eigenvalue weighted by Crippen LogP contribution is 2.11. The van der Waals surface area contributed by atoms with Crippen LogP contribution in [0, 0.1) is 5.82 Å². The molecule has 0 saturated heterocycles. The van der Waals surface area contributed by atoms with Crippen LogP contribution in [-0.4, -0.2) is 18.2 Å². The third-order valence-electron chi connectivity index (χ3n) is 1.86. The summed E-state index contributed by atoms with van der Waals surface area (Å²) >= 11 is 0. The fourth-order valence-corrected chi connectivity index (χ4v) is 1.03. The van der Waals surface area contributed by atoms with Gasteiger partial charge in [0.2, 0.25) is 0 Å². The number of esters is 1. The number of halogens is 1. The Hall–Kier alpha value is -1.68. The summed E-state index contributed by atoms with van der Waals surface area (Å²) < 4.78 is 17.5. The molecule has 3 nitrogen and oxygen atoms in total. The average molecular weight is 210 g/mol. The van der Waals surface area contributed by atoms with E-state index in [0.717, 1.165) is 0 Å². The van der Waals surface area contributed by atoms with Crippen LogP contribution in [0.2, 0.25) is 0 Å². The second-order valence-corrected chi connectivity index (χ2v) is 2.87. The monoisotopic (exact) mass is 210 g/mol. The molecule has 1 rings (SSSR count). The zero-order chi connectivity index (χ0) is 11.3. The summed E-state index contributed by atoms with van der Waals surface area (Å²) in [6, 6.07) is 4.31. The lowest BCUT2D eigenvalue weighted by Gasteiger charge is -1.99. The molecule has 1 aromatic carbocycles. The number of hydrogen-bond acceptors (Lipinski definition) is 3. The first kappa shape index (κ1) is 11.4. The summed E-state index contributed by atoms with van der Waals surface area (Å²) in [6.07, 6.45) is 2.64. The first-order valence-corrected chi connectivity index (χ1v) is 4.32. The molecule has 0 radical (unpaired) electrons. The van der Waals surface area contributed by atoms with Crippen molar-refractivity contribution in [2.75, 3.05) is 7.11 Å². The molecule has 0 heterocycles. The number of ether oxygens (including phenoxy) is 1. The van der Waals surface area contributed by atoms with Gasteiger partial charge in [0, 0.05) is 11.6 Å². The molecule has 4 heteroatoms. The Morgan fingerprint density at radius 3 is 2.87 bits per heavy atom. The Kier molecular flexibility index (Phi) is 4.00. The van der Waals surface area contributed by atoms with Crippen LogP contribution < -0.4 is 0 Å². The lowest BCUT2D eigenvalue weighted by atomic mass is 10.1. The van der Waals surface area contributed by atoms with Gasteiger partial charge in [0.15, 0.2) is 0 Å². The number of carbonyl (C=O) groups is 1. The SMILES string of the molecule is COC(=O)C=Cc1ccc(CO)c(F)c1. The van der Waals surface area contributed by atoms with Gasteiger partial charge in [-0.05, 0) is 17.7 Å². The molecule has 1 aromatic rings. The maximum Gasteiger partial charge on any atom is 0.330 e. The van der Waals surface area contributed by atoms with Gasteiger partial charge in [0.25, 0.3) is 0 Å². The van der Waals surface area contributed by atoms with Gasteiger partial charge in [-0.15, -0.1) is 0 Å². The molecule has 15 heavy (non-hydrogen) atoms. The zero-order valence-electron chi connectivity index (χ0n) is 8.24. The summed E-state index contributed by atoms with van der Waals surface area (Å²) in [5.41, 5.74) is 0.764. The molecule has 0 fully saturated rings. The van der Waals surface area contributed by atoms with Crippen molar-refractivity contribution in [3.05, 3.63) is 41.2 Å². The summed E-state index contributed by atoms with van der Waals surface area (Å²) in [4.78, 5) is 10.8. The van der Waals surface area contributed by atoms with Crippen LogP contribution in [0.4, 0.5) is 4.39 Å². The fraction of sp³-hybridized carbons (Fsp3) is 0.182. The van der Waals surface area contributed by atoms with Crippen molar-refractivity contribution in [1.29, 1.82) is 0 Å². The van der Waals surface area contributed by atoms with E-state index in [-0.39, 0.29) is 12.2 Å². The van der Waals surface area contributed by atoms with Crippen LogP contribution in [-0.2, 0) is 16.1 Å². The maximum absolute atomic E-state index is 13.1. The van der Waals surface area contributed by atoms with Crippen molar-refractivity contribution in [2.45, 2.75) is 6.61 Å². The van der Waals surface area contributed by atoms with Crippen molar-refractivity contribution in [1.82, 2.24) is 0 Å². The topological polar surface area (TPSA) is 46.5 Å². The second-order valence-electron chi connectivity index (χ2n) is 2.87. The van der Waals surface area contributed by atoms with Gasteiger partial charge < -0.3 is 9.84 Å². The molecule has 0 bridgehead atoms. The van der Waals surface area contributed by atoms with Crippen molar-refractivity contribution >= 4 is 12.0 Å². The number of hydrogen-bond donors (Lipinski definition) is 1.